The summed E-state index contributed by atoms with van der Waals surface area (Å²) in [4.78, 5) is 0. The van der Waals surface area contributed by atoms with Crippen molar-refractivity contribution in [3.05, 3.63) is 29.3 Å². The summed E-state index contributed by atoms with van der Waals surface area (Å²) in [6.45, 7) is 6.10. The Labute approximate surface area is 160 Å². The van der Waals surface area contributed by atoms with Gasteiger partial charge in [0.25, 0.3) is 0 Å². The molecule has 0 bridgehead atoms. The van der Waals surface area contributed by atoms with E-state index < -0.39 is 15.6 Å². The second kappa shape index (κ2) is 12.3. The lowest BCUT2D eigenvalue weighted by molar-refractivity contribution is 0.252. The van der Waals surface area contributed by atoms with Gasteiger partial charge in [-0.25, -0.2) is 0 Å². The SMILES string of the molecule is CCCCCCc1ccc(OC(CC)S(=O)(=O)O)cc1CCCCCC. The van der Waals surface area contributed by atoms with Crippen LogP contribution in [0.3, 0.4) is 0 Å². The molecule has 0 fully saturated rings. The second-order valence-corrected chi connectivity index (χ2v) is 8.58. The lowest BCUT2D eigenvalue weighted by Crippen LogP contribution is -2.26. The predicted molar refractivity (Wildman–Crippen MR) is 108 cm³/mol. The van der Waals surface area contributed by atoms with Gasteiger partial charge in [0.1, 0.15) is 5.75 Å². The highest BCUT2D eigenvalue weighted by Gasteiger charge is 2.23. The van der Waals surface area contributed by atoms with Crippen LogP contribution in [0.15, 0.2) is 18.2 Å². The molecule has 1 aromatic carbocycles. The lowest BCUT2D eigenvalue weighted by atomic mass is 9.96. The number of ether oxygens (including phenoxy) is 1. The predicted octanol–water partition coefficient (Wildman–Crippen LogP) is 5.93. The van der Waals surface area contributed by atoms with Crippen molar-refractivity contribution in [1.82, 2.24) is 0 Å². The van der Waals surface area contributed by atoms with Gasteiger partial charge in [0.05, 0.1) is 0 Å². The van der Waals surface area contributed by atoms with E-state index in [4.69, 9.17) is 4.74 Å². The van der Waals surface area contributed by atoms with Crippen LogP contribution in [0.1, 0.15) is 89.7 Å². The molecule has 1 aromatic rings. The van der Waals surface area contributed by atoms with Gasteiger partial charge >= 0.3 is 10.1 Å². The van der Waals surface area contributed by atoms with Crippen LogP contribution in [0, 0.1) is 0 Å². The number of hydrogen-bond donors (Lipinski definition) is 1. The molecule has 150 valence electrons. The first kappa shape index (κ1) is 23.0. The van der Waals surface area contributed by atoms with E-state index in [1.165, 1.54) is 56.1 Å². The molecular weight excluding hydrogens is 348 g/mol. The van der Waals surface area contributed by atoms with Gasteiger partial charge in [-0.05, 0) is 55.4 Å². The van der Waals surface area contributed by atoms with Crippen LogP contribution in [0.2, 0.25) is 0 Å². The Bertz CT molecular complexity index is 610. The fraction of sp³-hybridized carbons (Fsp3) is 0.714. The number of hydrogen-bond acceptors (Lipinski definition) is 3. The summed E-state index contributed by atoms with van der Waals surface area (Å²) < 4.78 is 37.6. The van der Waals surface area contributed by atoms with Crippen LogP contribution in [-0.2, 0) is 23.0 Å². The Morgan fingerprint density at radius 1 is 0.885 bits per heavy atom. The molecule has 0 radical (unpaired) electrons. The molecule has 0 aliphatic carbocycles. The third kappa shape index (κ3) is 8.54. The fourth-order valence-electron chi connectivity index (χ4n) is 3.14. The van der Waals surface area contributed by atoms with Crippen LogP contribution in [0.25, 0.3) is 0 Å². The fourth-order valence-corrected chi connectivity index (χ4v) is 3.80. The van der Waals surface area contributed by atoms with Gasteiger partial charge in [0, 0.05) is 0 Å². The third-order valence-corrected chi connectivity index (χ3v) is 5.80. The van der Waals surface area contributed by atoms with E-state index in [9.17, 15) is 13.0 Å². The van der Waals surface area contributed by atoms with Gasteiger partial charge in [-0.1, -0.05) is 65.4 Å². The van der Waals surface area contributed by atoms with Gasteiger partial charge in [-0.2, -0.15) is 8.42 Å². The molecule has 1 rings (SSSR count). The highest BCUT2D eigenvalue weighted by atomic mass is 32.2. The average molecular weight is 385 g/mol. The molecule has 1 atom stereocenters. The van der Waals surface area contributed by atoms with Gasteiger partial charge in [0.2, 0.25) is 5.44 Å². The molecule has 0 spiro atoms. The number of unbranched alkanes of at least 4 members (excludes halogenated alkanes) is 6. The molecule has 0 heterocycles. The van der Waals surface area contributed by atoms with Crippen LogP contribution in [0.5, 0.6) is 5.75 Å². The Morgan fingerprint density at radius 3 is 1.96 bits per heavy atom. The number of rotatable bonds is 14. The molecule has 1 N–H and O–H groups in total. The largest absolute Gasteiger partial charge is 0.472 e. The summed E-state index contributed by atoms with van der Waals surface area (Å²) in [6, 6.07) is 5.86. The van der Waals surface area contributed by atoms with Gasteiger partial charge in [-0.15, -0.1) is 0 Å². The topological polar surface area (TPSA) is 63.6 Å². The van der Waals surface area contributed by atoms with E-state index in [1.54, 1.807) is 6.92 Å². The van der Waals surface area contributed by atoms with Crippen LogP contribution in [-0.4, -0.2) is 18.4 Å². The van der Waals surface area contributed by atoms with Crippen LogP contribution >= 0.6 is 0 Å². The first-order chi connectivity index (χ1) is 12.4. The highest BCUT2D eigenvalue weighted by Crippen LogP contribution is 2.24. The zero-order valence-electron chi connectivity index (χ0n) is 16.7. The molecule has 26 heavy (non-hydrogen) atoms. The van der Waals surface area contributed by atoms with E-state index in [2.05, 4.69) is 19.9 Å². The monoisotopic (exact) mass is 384 g/mol. The smallest absolute Gasteiger partial charge is 0.303 e. The highest BCUT2D eigenvalue weighted by molar-refractivity contribution is 7.86. The Balaban J connectivity index is 2.86. The van der Waals surface area contributed by atoms with Crippen molar-refractivity contribution in [3.8, 4) is 5.75 Å². The van der Waals surface area contributed by atoms with Crippen molar-refractivity contribution in [1.29, 1.82) is 0 Å². The molecule has 0 saturated carbocycles. The molecular formula is C21H36O4S. The minimum Gasteiger partial charge on any atom is -0.472 e. The molecule has 0 amide bonds. The first-order valence-electron chi connectivity index (χ1n) is 10.2. The van der Waals surface area contributed by atoms with E-state index in [0.717, 1.165) is 19.3 Å². The van der Waals surface area contributed by atoms with E-state index in [-0.39, 0.29) is 6.42 Å². The standard InChI is InChI=1S/C21H36O4S/c1-4-7-9-11-13-18-15-16-20(25-21(6-3)26(22,23)24)17-19(18)14-12-10-8-5-2/h15-17,21H,4-14H2,1-3H3,(H,22,23,24). The van der Waals surface area contributed by atoms with Gasteiger partial charge < -0.3 is 4.74 Å². The maximum Gasteiger partial charge on any atom is 0.303 e. The van der Waals surface area contributed by atoms with Crippen molar-refractivity contribution < 1.29 is 17.7 Å². The maximum atomic E-state index is 11.4. The van der Waals surface area contributed by atoms with E-state index in [0.29, 0.717) is 5.75 Å². The van der Waals surface area contributed by atoms with Crippen molar-refractivity contribution >= 4 is 10.1 Å². The Hall–Kier alpha value is -1.07. The molecule has 0 aliphatic heterocycles. The van der Waals surface area contributed by atoms with Crippen LogP contribution in [0.4, 0.5) is 0 Å². The minimum atomic E-state index is -4.20. The van der Waals surface area contributed by atoms with Crippen molar-refractivity contribution in [2.45, 2.75) is 96.8 Å². The summed E-state index contributed by atoms with van der Waals surface area (Å²) in [6.07, 6.45) is 12.0. The van der Waals surface area contributed by atoms with Crippen molar-refractivity contribution in [2.75, 3.05) is 0 Å². The van der Waals surface area contributed by atoms with Gasteiger partial charge in [0.15, 0.2) is 0 Å². The number of benzene rings is 1. The molecule has 0 aliphatic rings. The molecule has 4 nitrogen and oxygen atoms in total. The van der Waals surface area contributed by atoms with E-state index >= 15 is 0 Å². The van der Waals surface area contributed by atoms with E-state index in [1.807, 2.05) is 12.1 Å². The molecule has 1 unspecified atom stereocenters. The van der Waals surface area contributed by atoms with Gasteiger partial charge in [-0.3, -0.25) is 4.55 Å². The average Bonchev–Trinajstić information content (AvgIpc) is 2.60. The minimum absolute atomic E-state index is 0.212. The van der Waals surface area contributed by atoms with Crippen LogP contribution < -0.4 is 4.74 Å². The summed E-state index contributed by atoms with van der Waals surface area (Å²) in [5.74, 6) is 0.525. The zero-order chi connectivity index (χ0) is 19.4. The first-order valence-corrected chi connectivity index (χ1v) is 11.7. The quantitative estimate of drug-likeness (QED) is 0.319. The summed E-state index contributed by atoms with van der Waals surface area (Å²) in [5, 5.41) is 0. The molecule has 5 heteroatoms. The summed E-state index contributed by atoms with van der Waals surface area (Å²) >= 11 is 0. The summed E-state index contributed by atoms with van der Waals surface area (Å²) in [5.41, 5.74) is 1.39. The second-order valence-electron chi connectivity index (χ2n) is 7.02. The Morgan fingerprint density at radius 2 is 1.46 bits per heavy atom. The van der Waals surface area contributed by atoms with Crippen molar-refractivity contribution in [2.24, 2.45) is 0 Å². The molecule has 0 saturated heterocycles. The molecule has 0 aromatic heterocycles. The Kier molecular flexibility index (Phi) is 10.9. The normalized spacial score (nSPS) is 12.9. The lowest BCUT2D eigenvalue weighted by Gasteiger charge is -2.17. The number of aryl methyl sites for hydroxylation is 2. The maximum absolute atomic E-state index is 11.4. The van der Waals surface area contributed by atoms with Crippen molar-refractivity contribution in [3.63, 3.8) is 0 Å². The third-order valence-electron chi connectivity index (χ3n) is 4.71. The zero-order valence-corrected chi connectivity index (χ0v) is 17.5. The summed E-state index contributed by atoms with van der Waals surface area (Å²) in [7, 11) is -4.20.